The van der Waals surface area contributed by atoms with Crippen LogP contribution in [0.4, 0.5) is 0 Å². The molecule has 17 heavy (non-hydrogen) atoms. The molecule has 4 N–H and O–H groups in total. The minimum Gasteiger partial charge on any atom is -0.330 e. The molecule has 0 radical (unpaired) electrons. The van der Waals surface area contributed by atoms with E-state index in [1.165, 1.54) is 25.7 Å². The van der Waals surface area contributed by atoms with E-state index in [2.05, 4.69) is 34.6 Å². The van der Waals surface area contributed by atoms with Crippen LogP contribution in [0.3, 0.4) is 0 Å². The first kappa shape index (κ1) is 16.9. The van der Waals surface area contributed by atoms with Crippen molar-refractivity contribution in [3.8, 4) is 0 Å². The van der Waals surface area contributed by atoms with Gasteiger partial charge in [-0.15, -0.1) is 0 Å². The van der Waals surface area contributed by atoms with Gasteiger partial charge in [-0.25, -0.2) is 0 Å². The number of hydrogen-bond donors (Lipinski definition) is 2. The van der Waals surface area contributed by atoms with Gasteiger partial charge in [-0.3, -0.25) is 0 Å². The van der Waals surface area contributed by atoms with Gasteiger partial charge in [-0.2, -0.15) is 0 Å². The Morgan fingerprint density at radius 3 is 2.06 bits per heavy atom. The van der Waals surface area contributed by atoms with Crippen LogP contribution in [0, 0.1) is 23.2 Å². The van der Waals surface area contributed by atoms with Gasteiger partial charge in [0.1, 0.15) is 0 Å². The third kappa shape index (κ3) is 4.97. The van der Waals surface area contributed by atoms with E-state index in [1.54, 1.807) is 0 Å². The van der Waals surface area contributed by atoms with Gasteiger partial charge in [0.05, 0.1) is 0 Å². The Morgan fingerprint density at radius 1 is 1.12 bits per heavy atom. The normalized spacial score (nSPS) is 19.1. The maximum atomic E-state index is 6.00. The molecule has 0 bridgehead atoms. The molecule has 3 unspecified atom stereocenters. The van der Waals surface area contributed by atoms with Gasteiger partial charge in [0.25, 0.3) is 0 Å². The van der Waals surface area contributed by atoms with Crippen molar-refractivity contribution in [2.45, 2.75) is 60.3 Å². The quantitative estimate of drug-likeness (QED) is 0.651. The minimum absolute atomic E-state index is 0.190. The predicted molar refractivity (Wildman–Crippen MR) is 77.8 cm³/mol. The molecule has 0 saturated heterocycles. The molecule has 3 atom stereocenters. The van der Waals surface area contributed by atoms with Crippen LogP contribution in [-0.4, -0.2) is 13.1 Å². The summed E-state index contributed by atoms with van der Waals surface area (Å²) < 4.78 is 0. The fourth-order valence-corrected chi connectivity index (χ4v) is 2.66. The molecule has 0 spiro atoms. The van der Waals surface area contributed by atoms with E-state index in [4.69, 9.17) is 11.5 Å². The largest absolute Gasteiger partial charge is 0.330 e. The first-order valence-corrected chi connectivity index (χ1v) is 7.32. The van der Waals surface area contributed by atoms with Gasteiger partial charge >= 0.3 is 0 Å². The van der Waals surface area contributed by atoms with E-state index in [-0.39, 0.29) is 5.41 Å². The second-order valence-electron chi connectivity index (χ2n) is 6.28. The summed E-state index contributed by atoms with van der Waals surface area (Å²) in [4.78, 5) is 0. The van der Waals surface area contributed by atoms with Crippen LogP contribution in [0.25, 0.3) is 0 Å². The zero-order valence-corrected chi connectivity index (χ0v) is 12.6. The van der Waals surface area contributed by atoms with E-state index in [9.17, 15) is 0 Å². The van der Waals surface area contributed by atoms with Crippen LogP contribution in [0.1, 0.15) is 60.3 Å². The molecule has 0 fully saturated rings. The molecule has 2 nitrogen and oxygen atoms in total. The lowest BCUT2D eigenvalue weighted by Crippen LogP contribution is -2.43. The van der Waals surface area contributed by atoms with Crippen LogP contribution in [0.15, 0.2) is 0 Å². The van der Waals surface area contributed by atoms with Crippen molar-refractivity contribution in [3.05, 3.63) is 0 Å². The average molecular weight is 242 g/mol. The second kappa shape index (κ2) is 8.10. The summed E-state index contributed by atoms with van der Waals surface area (Å²) in [7, 11) is 0. The highest BCUT2D eigenvalue weighted by atomic mass is 14.7. The molecule has 0 aromatic carbocycles. The number of rotatable bonds is 9. The van der Waals surface area contributed by atoms with Crippen LogP contribution in [0.5, 0.6) is 0 Å². The monoisotopic (exact) mass is 242 g/mol. The first-order chi connectivity index (χ1) is 7.92. The van der Waals surface area contributed by atoms with Crippen molar-refractivity contribution >= 4 is 0 Å². The fourth-order valence-electron chi connectivity index (χ4n) is 2.66. The Morgan fingerprint density at radius 2 is 1.71 bits per heavy atom. The van der Waals surface area contributed by atoms with E-state index < -0.39 is 0 Å². The number of hydrogen-bond acceptors (Lipinski definition) is 2. The van der Waals surface area contributed by atoms with Crippen LogP contribution in [0.2, 0.25) is 0 Å². The highest BCUT2D eigenvalue weighted by molar-refractivity contribution is 4.87. The van der Waals surface area contributed by atoms with Crippen LogP contribution < -0.4 is 11.5 Å². The summed E-state index contributed by atoms with van der Waals surface area (Å²) in [6, 6.07) is 0. The lowest BCUT2D eigenvalue weighted by atomic mass is 9.66. The van der Waals surface area contributed by atoms with Gasteiger partial charge in [0, 0.05) is 0 Å². The standard InChI is InChI=1S/C15H34N2/c1-6-7-8-13(4)9-14(10-16)15(5,11-17)12(2)3/h12-14H,6-11,16-17H2,1-5H3. The summed E-state index contributed by atoms with van der Waals surface area (Å²) in [6.45, 7) is 13.0. The van der Waals surface area contributed by atoms with Gasteiger partial charge < -0.3 is 11.5 Å². The molecule has 0 aliphatic heterocycles. The lowest BCUT2D eigenvalue weighted by Gasteiger charge is -2.41. The Kier molecular flexibility index (Phi) is 8.06. The average Bonchev–Trinajstić information content (AvgIpc) is 2.31. The topological polar surface area (TPSA) is 52.0 Å². The summed E-state index contributed by atoms with van der Waals surface area (Å²) >= 11 is 0. The molecule has 0 aromatic heterocycles. The summed E-state index contributed by atoms with van der Waals surface area (Å²) in [5, 5.41) is 0. The highest BCUT2D eigenvalue weighted by Gasteiger charge is 2.35. The van der Waals surface area contributed by atoms with Gasteiger partial charge in [-0.05, 0) is 42.7 Å². The maximum Gasteiger partial charge on any atom is -0.00176 e. The molecule has 0 rings (SSSR count). The van der Waals surface area contributed by atoms with Crippen LogP contribution >= 0.6 is 0 Å². The molecule has 0 aliphatic carbocycles. The van der Waals surface area contributed by atoms with Crippen molar-refractivity contribution in [3.63, 3.8) is 0 Å². The first-order valence-electron chi connectivity index (χ1n) is 7.32. The number of nitrogens with two attached hydrogens (primary N) is 2. The number of unbranched alkanes of at least 4 members (excludes halogenated alkanes) is 1. The molecule has 0 heterocycles. The Bertz CT molecular complexity index is 191. The molecule has 2 heteroatoms. The van der Waals surface area contributed by atoms with E-state index in [0.717, 1.165) is 19.0 Å². The smallest absolute Gasteiger partial charge is 0.00176 e. The van der Waals surface area contributed by atoms with Crippen LogP contribution in [-0.2, 0) is 0 Å². The van der Waals surface area contributed by atoms with Crippen molar-refractivity contribution < 1.29 is 0 Å². The molecule has 0 saturated carbocycles. The van der Waals surface area contributed by atoms with Crippen molar-refractivity contribution in [1.82, 2.24) is 0 Å². The zero-order chi connectivity index (χ0) is 13.5. The highest BCUT2D eigenvalue weighted by Crippen LogP contribution is 2.38. The van der Waals surface area contributed by atoms with E-state index in [1.807, 2.05) is 0 Å². The Labute approximate surface area is 109 Å². The predicted octanol–water partition coefficient (Wildman–Crippen LogP) is 3.40. The molecule has 0 aliphatic rings. The van der Waals surface area contributed by atoms with E-state index in [0.29, 0.717) is 11.8 Å². The van der Waals surface area contributed by atoms with Gasteiger partial charge in [0.2, 0.25) is 0 Å². The second-order valence-corrected chi connectivity index (χ2v) is 6.28. The molecular formula is C15H34N2. The Balaban J connectivity index is 4.49. The Hall–Kier alpha value is -0.0800. The van der Waals surface area contributed by atoms with Crippen molar-refractivity contribution in [2.75, 3.05) is 13.1 Å². The van der Waals surface area contributed by atoms with Gasteiger partial charge in [-0.1, -0.05) is 53.9 Å². The summed E-state index contributed by atoms with van der Waals surface area (Å²) in [5.41, 5.74) is 12.2. The lowest BCUT2D eigenvalue weighted by molar-refractivity contribution is 0.106. The maximum absolute atomic E-state index is 6.00. The third-order valence-corrected chi connectivity index (χ3v) is 4.71. The van der Waals surface area contributed by atoms with Crippen molar-refractivity contribution in [2.24, 2.45) is 34.6 Å². The molecule has 0 aromatic rings. The van der Waals surface area contributed by atoms with Crippen molar-refractivity contribution in [1.29, 1.82) is 0 Å². The zero-order valence-electron chi connectivity index (χ0n) is 12.6. The summed E-state index contributed by atoms with van der Waals surface area (Å²) in [6.07, 6.45) is 5.17. The minimum atomic E-state index is 0.190. The fraction of sp³-hybridized carbons (Fsp3) is 1.00. The SMILES string of the molecule is CCCCC(C)CC(CN)C(C)(CN)C(C)C. The molecule has 104 valence electrons. The van der Waals surface area contributed by atoms with E-state index >= 15 is 0 Å². The third-order valence-electron chi connectivity index (χ3n) is 4.71. The van der Waals surface area contributed by atoms with Gasteiger partial charge in [0.15, 0.2) is 0 Å². The molecule has 0 amide bonds. The summed E-state index contributed by atoms with van der Waals surface area (Å²) in [5.74, 6) is 1.92. The molecular weight excluding hydrogens is 208 g/mol.